The van der Waals surface area contributed by atoms with E-state index in [-0.39, 0.29) is 11.9 Å². The smallest absolute Gasteiger partial charge is 0.263 e. The zero-order chi connectivity index (χ0) is 18.5. The fourth-order valence-corrected chi connectivity index (χ4v) is 3.30. The number of ether oxygens (including phenoxy) is 2. The Kier molecular flexibility index (Phi) is 5.43. The summed E-state index contributed by atoms with van der Waals surface area (Å²) >= 11 is 0. The molecule has 1 fully saturated rings. The van der Waals surface area contributed by atoms with Crippen molar-refractivity contribution < 1.29 is 14.3 Å². The molecule has 0 radical (unpaired) electrons. The van der Waals surface area contributed by atoms with Gasteiger partial charge in [-0.3, -0.25) is 4.79 Å². The topological polar surface area (TPSA) is 62.6 Å². The summed E-state index contributed by atoms with van der Waals surface area (Å²) in [7, 11) is 1.64. The molecule has 1 amide bonds. The number of hydrogen-bond acceptors (Lipinski definition) is 4. The third kappa shape index (κ3) is 3.80. The van der Waals surface area contributed by atoms with Crippen molar-refractivity contribution in [2.24, 2.45) is 0 Å². The molecule has 2 atom stereocenters. The number of benzene rings is 2. The second-order valence-corrected chi connectivity index (χ2v) is 6.36. The van der Waals surface area contributed by atoms with E-state index >= 15 is 0 Å². The van der Waals surface area contributed by atoms with Crippen molar-refractivity contribution >= 4 is 5.91 Å². The summed E-state index contributed by atoms with van der Waals surface area (Å²) in [6.07, 6.45) is 1.34. The Hall–Kier alpha value is -3.00. The number of carbonyl (C=O) groups excluding carboxylic acids is 1. The van der Waals surface area contributed by atoms with Crippen molar-refractivity contribution in [1.29, 1.82) is 5.26 Å². The molecule has 26 heavy (non-hydrogen) atoms. The molecule has 0 aromatic heterocycles. The highest BCUT2D eigenvalue weighted by Gasteiger charge is 2.33. The Morgan fingerprint density at radius 3 is 2.42 bits per heavy atom. The fourth-order valence-electron chi connectivity index (χ4n) is 3.30. The minimum absolute atomic E-state index is 0.0207. The van der Waals surface area contributed by atoms with Crippen LogP contribution in [0.5, 0.6) is 11.5 Å². The van der Waals surface area contributed by atoms with E-state index in [1.165, 1.54) is 0 Å². The molecule has 5 nitrogen and oxygen atoms in total. The third-order valence-corrected chi connectivity index (χ3v) is 4.68. The summed E-state index contributed by atoms with van der Waals surface area (Å²) in [5.74, 6) is 1.37. The number of hydrogen-bond donors (Lipinski definition) is 0. The average Bonchev–Trinajstić information content (AvgIpc) is 3.17. The van der Waals surface area contributed by atoms with Crippen LogP contribution >= 0.6 is 0 Å². The molecule has 3 rings (SSSR count). The molecule has 2 aromatic carbocycles. The van der Waals surface area contributed by atoms with Gasteiger partial charge in [-0.05, 0) is 61.7 Å². The maximum absolute atomic E-state index is 12.9. The molecule has 2 aromatic rings. The lowest BCUT2D eigenvalue weighted by molar-refractivity contribution is -0.138. The third-order valence-electron chi connectivity index (χ3n) is 4.68. The first-order chi connectivity index (χ1) is 12.6. The first kappa shape index (κ1) is 17.8. The molecular formula is C21H22N2O3. The van der Waals surface area contributed by atoms with E-state index in [9.17, 15) is 4.79 Å². The Morgan fingerprint density at radius 2 is 1.81 bits per heavy atom. The highest BCUT2D eigenvalue weighted by molar-refractivity contribution is 5.81. The first-order valence-corrected chi connectivity index (χ1v) is 8.73. The lowest BCUT2D eigenvalue weighted by Crippen LogP contribution is -2.40. The quantitative estimate of drug-likeness (QED) is 0.825. The van der Waals surface area contributed by atoms with Crippen LogP contribution in [-0.4, -0.2) is 30.6 Å². The van der Waals surface area contributed by atoms with Gasteiger partial charge in [0.1, 0.15) is 11.5 Å². The van der Waals surface area contributed by atoms with Crippen molar-refractivity contribution in [2.45, 2.75) is 31.9 Å². The van der Waals surface area contributed by atoms with Crippen molar-refractivity contribution in [3.63, 3.8) is 0 Å². The van der Waals surface area contributed by atoms with E-state index in [1.54, 1.807) is 38.3 Å². The van der Waals surface area contributed by atoms with Gasteiger partial charge in [0.2, 0.25) is 0 Å². The number of likely N-dealkylation sites (tertiary alicyclic amines) is 1. The monoisotopic (exact) mass is 350 g/mol. The standard InChI is InChI=1S/C21H22N2O3/c1-15(26-19-9-5-16(14-22)6-10-19)21(24)23-13-3-4-20(23)17-7-11-18(25-2)12-8-17/h5-12,15,20H,3-4,13H2,1-2H3. The van der Waals surface area contributed by atoms with Crippen LogP contribution in [0.25, 0.3) is 0 Å². The first-order valence-electron chi connectivity index (χ1n) is 8.73. The van der Waals surface area contributed by atoms with E-state index in [2.05, 4.69) is 6.07 Å². The van der Waals surface area contributed by atoms with Crippen LogP contribution in [0.2, 0.25) is 0 Å². The largest absolute Gasteiger partial charge is 0.497 e. The van der Waals surface area contributed by atoms with Gasteiger partial charge in [-0.15, -0.1) is 0 Å². The summed E-state index contributed by atoms with van der Waals surface area (Å²) in [5, 5.41) is 8.85. The average molecular weight is 350 g/mol. The van der Waals surface area contributed by atoms with Gasteiger partial charge in [-0.25, -0.2) is 0 Å². The summed E-state index contributed by atoms with van der Waals surface area (Å²) in [6, 6.07) is 16.8. The fraction of sp³-hybridized carbons (Fsp3) is 0.333. The van der Waals surface area contributed by atoms with Crippen LogP contribution in [0.3, 0.4) is 0 Å². The van der Waals surface area contributed by atoms with Gasteiger partial charge in [0.15, 0.2) is 6.10 Å². The van der Waals surface area contributed by atoms with E-state index in [4.69, 9.17) is 14.7 Å². The summed E-state index contributed by atoms with van der Waals surface area (Å²) in [5.41, 5.74) is 1.68. The van der Waals surface area contributed by atoms with Gasteiger partial charge in [0.25, 0.3) is 5.91 Å². The molecule has 0 bridgehead atoms. The molecule has 1 heterocycles. The zero-order valence-electron chi connectivity index (χ0n) is 15.0. The minimum Gasteiger partial charge on any atom is -0.497 e. The molecule has 1 aliphatic rings. The number of methoxy groups -OCH3 is 1. The molecular weight excluding hydrogens is 328 g/mol. The van der Waals surface area contributed by atoms with Crippen LogP contribution in [-0.2, 0) is 4.79 Å². The normalized spacial score (nSPS) is 17.4. The van der Waals surface area contributed by atoms with Crippen LogP contribution < -0.4 is 9.47 Å². The van der Waals surface area contributed by atoms with E-state index in [1.807, 2.05) is 29.2 Å². The maximum Gasteiger partial charge on any atom is 0.263 e. The number of nitrogens with zero attached hydrogens (tertiary/aromatic N) is 2. The summed E-state index contributed by atoms with van der Waals surface area (Å²) in [6.45, 7) is 2.50. The van der Waals surface area contributed by atoms with Crippen LogP contribution in [0, 0.1) is 11.3 Å². The molecule has 2 unspecified atom stereocenters. The zero-order valence-corrected chi connectivity index (χ0v) is 15.0. The van der Waals surface area contributed by atoms with Gasteiger partial charge in [0.05, 0.1) is 24.8 Å². The van der Waals surface area contributed by atoms with Crippen molar-refractivity contribution in [3.8, 4) is 17.6 Å². The maximum atomic E-state index is 12.9. The van der Waals surface area contributed by atoms with Gasteiger partial charge in [-0.2, -0.15) is 5.26 Å². The minimum atomic E-state index is -0.582. The number of amides is 1. The molecule has 0 spiro atoms. The van der Waals surface area contributed by atoms with Crippen molar-refractivity contribution in [1.82, 2.24) is 4.90 Å². The molecule has 1 saturated heterocycles. The Morgan fingerprint density at radius 1 is 1.15 bits per heavy atom. The lowest BCUT2D eigenvalue weighted by Gasteiger charge is -2.28. The van der Waals surface area contributed by atoms with Crippen molar-refractivity contribution in [3.05, 3.63) is 59.7 Å². The lowest BCUT2D eigenvalue weighted by atomic mass is 10.0. The van der Waals surface area contributed by atoms with E-state index in [0.29, 0.717) is 11.3 Å². The van der Waals surface area contributed by atoms with Crippen LogP contribution in [0.15, 0.2) is 48.5 Å². The van der Waals surface area contributed by atoms with Gasteiger partial charge >= 0.3 is 0 Å². The highest BCUT2D eigenvalue weighted by atomic mass is 16.5. The predicted molar refractivity (Wildman–Crippen MR) is 97.9 cm³/mol. The Bertz CT molecular complexity index is 794. The van der Waals surface area contributed by atoms with Gasteiger partial charge in [0, 0.05) is 6.54 Å². The molecule has 134 valence electrons. The van der Waals surface area contributed by atoms with E-state index in [0.717, 1.165) is 30.7 Å². The number of rotatable bonds is 5. The van der Waals surface area contributed by atoms with Crippen LogP contribution in [0.1, 0.15) is 36.9 Å². The Labute approximate surface area is 153 Å². The number of nitriles is 1. The summed E-state index contributed by atoms with van der Waals surface area (Å²) in [4.78, 5) is 14.8. The Balaban J connectivity index is 1.69. The van der Waals surface area contributed by atoms with Crippen molar-refractivity contribution in [2.75, 3.05) is 13.7 Å². The second-order valence-electron chi connectivity index (χ2n) is 6.36. The molecule has 1 aliphatic heterocycles. The molecule has 0 N–H and O–H groups in total. The summed E-state index contributed by atoms with van der Waals surface area (Å²) < 4.78 is 11.0. The SMILES string of the molecule is COc1ccc(C2CCCN2C(=O)C(C)Oc2ccc(C#N)cc2)cc1. The molecule has 5 heteroatoms. The van der Waals surface area contributed by atoms with Gasteiger partial charge in [-0.1, -0.05) is 12.1 Å². The second kappa shape index (κ2) is 7.92. The van der Waals surface area contributed by atoms with Gasteiger partial charge < -0.3 is 14.4 Å². The van der Waals surface area contributed by atoms with Crippen LogP contribution in [0.4, 0.5) is 0 Å². The number of carbonyl (C=O) groups is 1. The highest BCUT2D eigenvalue weighted by Crippen LogP contribution is 2.33. The van der Waals surface area contributed by atoms with E-state index < -0.39 is 6.10 Å². The predicted octanol–water partition coefficient (Wildman–Crippen LogP) is 3.70. The molecule has 0 aliphatic carbocycles. The molecule has 0 saturated carbocycles.